The Labute approximate surface area is 126 Å². The molecule has 0 aromatic heterocycles. The summed E-state index contributed by atoms with van der Waals surface area (Å²) in [5, 5.41) is 10.8. The van der Waals surface area contributed by atoms with Gasteiger partial charge in [0.15, 0.2) is 16.3 Å². The molecule has 2 radical (unpaired) electrons. The normalized spacial score (nSPS) is 11.1. The first kappa shape index (κ1) is 14.8. The quantitative estimate of drug-likeness (QED) is 0.585. The van der Waals surface area contributed by atoms with Gasteiger partial charge in [-0.2, -0.15) is 8.42 Å². The third kappa shape index (κ3) is 2.94. The minimum Gasteiger partial charge on any atom is -1.00 e. The molecule has 0 spiro atoms. The second-order valence-corrected chi connectivity index (χ2v) is 5.36. The van der Waals surface area contributed by atoms with E-state index in [0.717, 1.165) is 5.39 Å². The van der Waals surface area contributed by atoms with E-state index < -0.39 is 10.1 Å². The van der Waals surface area contributed by atoms with Crippen LogP contribution in [0.1, 0.15) is 2.85 Å². The Hall–Kier alpha value is -0.291. The van der Waals surface area contributed by atoms with Gasteiger partial charge >= 0.3 is 23.1 Å². The summed E-state index contributed by atoms with van der Waals surface area (Å²) in [5.41, 5.74) is 0. The summed E-state index contributed by atoms with van der Waals surface area (Å²) in [5.74, 6) is 0.122. The van der Waals surface area contributed by atoms with E-state index in [9.17, 15) is 13.5 Å². The minimum atomic E-state index is -4.19. The fourth-order valence-electron chi connectivity index (χ4n) is 1.48. The summed E-state index contributed by atoms with van der Waals surface area (Å²) < 4.78 is 31.3. The zero-order valence-electron chi connectivity index (χ0n) is 10.8. The number of hydrogen-bond donors (Lipinski definition) is 2. The van der Waals surface area contributed by atoms with E-state index >= 15 is 0 Å². The van der Waals surface area contributed by atoms with Gasteiger partial charge in [-0.15, -0.1) is 0 Å². The van der Waals surface area contributed by atoms with Crippen molar-refractivity contribution in [3.05, 3.63) is 30.3 Å². The maximum atomic E-state index is 10.9. The second-order valence-electron chi connectivity index (χ2n) is 3.36. The predicted molar refractivity (Wildman–Crippen MR) is 68.8 cm³/mol. The number of phenolic OH excluding ortho intramolecular Hbond substituents is 1. The third-order valence-corrected chi connectivity index (χ3v) is 3.76. The largest absolute Gasteiger partial charge is 2.00 e. The minimum absolute atomic E-state index is 0. The van der Waals surface area contributed by atoms with Crippen molar-refractivity contribution in [3.63, 3.8) is 0 Å². The zero-order valence-corrected chi connectivity index (χ0v) is 12.2. The number of fused-ring (bicyclic) bond motifs is 1. The Morgan fingerprint density at radius 2 is 1.82 bits per heavy atom. The Balaban J connectivity index is 0. The number of hydrogen-bond acceptors (Lipinski definition) is 3. The van der Waals surface area contributed by atoms with Crippen LogP contribution >= 0.6 is 0 Å². The van der Waals surface area contributed by atoms with Gasteiger partial charge < -0.3 is 7.96 Å². The van der Waals surface area contributed by atoms with Crippen molar-refractivity contribution in [2.45, 2.75) is 4.90 Å². The molecule has 0 fully saturated rings. The van der Waals surface area contributed by atoms with Crippen molar-refractivity contribution in [3.8, 4) is 5.75 Å². The SMILES string of the molecule is O=S(=O)(O)c1ccc2[c]([Al])c(O)ccc2c1.[H-].[H-].[Mg+2]. The predicted octanol–water partition coefficient (Wildman–Crippen LogP) is 0.430. The van der Waals surface area contributed by atoms with E-state index in [1.165, 1.54) is 18.2 Å². The van der Waals surface area contributed by atoms with Crippen LogP contribution in [0.2, 0.25) is 0 Å². The summed E-state index contributed by atoms with van der Waals surface area (Å²) in [6.45, 7) is 0. The van der Waals surface area contributed by atoms with E-state index in [-0.39, 0.29) is 36.6 Å². The molecule has 2 N–H and O–H groups in total. The van der Waals surface area contributed by atoms with Crippen molar-refractivity contribution < 1.29 is 20.9 Å². The molecular formula is C10H9AlMgO4S. The molecule has 4 nitrogen and oxygen atoms in total. The maximum Gasteiger partial charge on any atom is 2.00 e. The Morgan fingerprint density at radius 1 is 1.18 bits per heavy atom. The smallest absolute Gasteiger partial charge is 1.00 e. The molecule has 0 unspecified atom stereocenters. The monoisotopic (exact) mass is 276 g/mol. The number of benzene rings is 2. The first-order valence-electron chi connectivity index (χ1n) is 4.38. The molecule has 2 aromatic rings. The first-order valence-corrected chi connectivity index (χ1v) is 6.40. The molecule has 17 heavy (non-hydrogen) atoms. The van der Waals surface area contributed by atoms with Crippen LogP contribution < -0.4 is 4.43 Å². The number of rotatable bonds is 1. The van der Waals surface area contributed by atoms with Crippen LogP contribution in [0.5, 0.6) is 5.75 Å². The Kier molecular flexibility index (Phi) is 4.47. The van der Waals surface area contributed by atoms with E-state index in [1.54, 1.807) is 12.1 Å². The fraction of sp³-hybridized carbons (Fsp3) is 0. The summed E-state index contributed by atoms with van der Waals surface area (Å²) in [4.78, 5) is -0.157. The number of aromatic hydroxyl groups is 1. The molecule has 0 saturated carbocycles. The van der Waals surface area contributed by atoms with Gasteiger partial charge in [0.25, 0.3) is 10.1 Å². The van der Waals surface area contributed by atoms with Gasteiger partial charge in [-0.05, 0) is 29.0 Å². The number of phenols is 1. The Bertz CT molecular complexity index is 679. The average molecular weight is 277 g/mol. The molecule has 0 amide bonds. The van der Waals surface area contributed by atoms with E-state index in [4.69, 9.17) is 4.55 Å². The molecule has 0 atom stereocenters. The molecule has 0 bridgehead atoms. The van der Waals surface area contributed by atoms with Gasteiger partial charge in [0.05, 0.1) is 4.90 Å². The molecule has 0 heterocycles. The fourth-order valence-corrected chi connectivity index (χ4v) is 2.36. The van der Waals surface area contributed by atoms with Crippen LogP contribution in [0.15, 0.2) is 35.2 Å². The maximum absolute atomic E-state index is 10.9. The topological polar surface area (TPSA) is 74.6 Å². The molecule has 0 saturated heterocycles. The van der Waals surface area contributed by atoms with Crippen LogP contribution in [0.3, 0.4) is 0 Å². The summed E-state index contributed by atoms with van der Waals surface area (Å²) >= 11 is 2.39. The van der Waals surface area contributed by atoms with Crippen LogP contribution in [0.4, 0.5) is 0 Å². The van der Waals surface area contributed by atoms with Gasteiger partial charge in [-0.25, -0.2) is 0 Å². The standard InChI is InChI=1S/C10H7O4S.Al.Mg.2H/c11-9-3-1-8-6-10(15(12,13)14)4-2-7(8)5-9;;;;/h1-4,6,11H,(H,12,13,14);;;;/q;;+2;2*-1. The molecule has 2 aromatic carbocycles. The second kappa shape index (κ2) is 5.14. The van der Waals surface area contributed by atoms with Crippen molar-refractivity contribution in [2.75, 3.05) is 0 Å². The van der Waals surface area contributed by atoms with E-state index in [2.05, 4.69) is 16.3 Å². The third-order valence-electron chi connectivity index (χ3n) is 2.31. The van der Waals surface area contributed by atoms with Gasteiger partial charge in [0, 0.05) is 0 Å². The van der Waals surface area contributed by atoms with Gasteiger partial charge in [0.1, 0.15) is 5.75 Å². The van der Waals surface area contributed by atoms with Gasteiger partial charge in [-0.3, -0.25) is 4.55 Å². The summed E-state index contributed by atoms with van der Waals surface area (Å²) in [7, 11) is -4.19. The van der Waals surface area contributed by atoms with Gasteiger partial charge in [-0.1, -0.05) is 16.6 Å². The van der Waals surface area contributed by atoms with Crippen molar-refractivity contribution in [1.82, 2.24) is 0 Å². The van der Waals surface area contributed by atoms with Crippen LogP contribution in [0, 0.1) is 0 Å². The molecule has 2 rings (SSSR count). The van der Waals surface area contributed by atoms with Crippen molar-refractivity contribution in [1.29, 1.82) is 0 Å². The molecule has 7 heteroatoms. The van der Waals surface area contributed by atoms with Crippen molar-refractivity contribution >= 4 is 64.7 Å². The Morgan fingerprint density at radius 3 is 2.41 bits per heavy atom. The molecule has 0 aliphatic carbocycles. The zero-order chi connectivity index (χ0) is 11.9. The summed E-state index contributed by atoms with van der Waals surface area (Å²) in [6.07, 6.45) is 0. The van der Waals surface area contributed by atoms with Crippen LogP contribution in [-0.4, -0.2) is 57.4 Å². The molecule has 84 valence electrons. The average Bonchev–Trinajstić information content (AvgIpc) is 2.22. The van der Waals surface area contributed by atoms with E-state index in [0.29, 0.717) is 9.81 Å². The van der Waals surface area contributed by atoms with Crippen molar-refractivity contribution in [2.24, 2.45) is 0 Å². The molecular weight excluding hydrogens is 267 g/mol. The summed E-state index contributed by atoms with van der Waals surface area (Å²) in [6, 6.07) is 7.26. The molecule has 0 aliphatic heterocycles. The van der Waals surface area contributed by atoms with Crippen LogP contribution in [-0.2, 0) is 10.1 Å². The van der Waals surface area contributed by atoms with E-state index in [1.807, 2.05) is 0 Å². The van der Waals surface area contributed by atoms with Gasteiger partial charge in [0.2, 0.25) is 0 Å². The van der Waals surface area contributed by atoms with Crippen LogP contribution in [0.25, 0.3) is 10.8 Å². The first-order chi connectivity index (χ1) is 7.39. The molecule has 0 aliphatic rings.